The second kappa shape index (κ2) is 10.6. The van der Waals surface area contributed by atoms with Gasteiger partial charge in [0.15, 0.2) is 0 Å². The van der Waals surface area contributed by atoms with E-state index in [9.17, 15) is 23.9 Å². The van der Waals surface area contributed by atoms with Crippen LogP contribution in [0.2, 0.25) is 0 Å². The maximum Gasteiger partial charge on any atom is 0.321 e. The number of amides is 2. The fourth-order valence-corrected chi connectivity index (χ4v) is 4.57. The van der Waals surface area contributed by atoms with Gasteiger partial charge in [-0.25, -0.2) is 9.18 Å². The summed E-state index contributed by atoms with van der Waals surface area (Å²) < 4.78 is 13.1. The van der Waals surface area contributed by atoms with Crippen LogP contribution in [0.25, 0.3) is 0 Å². The zero-order valence-corrected chi connectivity index (χ0v) is 17.5. The minimum Gasteiger partial charge on any atom is -0.481 e. The Morgan fingerprint density at radius 2 is 1.68 bits per heavy atom. The van der Waals surface area contributed by atoms with E-state index in [-0.39, 0.29) is 36.0 Å². The van der Waals surface area contributed by atoms with E-state index in [0.29, 0.717) is 38.0 Å². The summed E-state index contributed by atoms with van der Waals surface area (Å²) in [7, 11) is 0. The highest BCUT2D eigenvalue weighted by atomic mass is 19.1. The van der Waals surface area contributed by atoms with Gasteiger partial charge in [0, 0.05) is 25.2 Å². The normalized spacial score (nSPS) is 22.8. The molecule has 0 radical (unpaired) electrons. The Kier molecular flexibility index (Phi) is 7.84. The van der Waals surface area contributed by atoms with E-state index < -0.39 is 11.9 Å². The number of carboxylic acids is 2. The number of carbonyl (C=O) groups is 3. The first kappa shape index (κ1) is 23.0. The molecular weight excluding hydrogens is 405 g/mol. The Morgan fingerprint density at radius 3 is 2.29 bits per heavy atom. The molecule has 2 aliphatic rings. The Bertz CT molecular complexity index is 780. The third-order valence-electron chi connectivity index (χ3n) is 6.46. The zero-order valence-electron chi connectivity index (χ0n) is 17.5. The third kappa shape index (κ3) is 6.65. The van der Waals surface area contributed by atoms with Gasteiger partial charge in [-0.15, -0.1) is 0 Å². The van der Waals surface area contributed by atoms with Crippen molar-refractivity contribution in [2.45, 2.75) is 32.1 Å². The van der Waals surface area contributed by atoms with Crippen LogP contribution >= 0.6 is 0 Å². The molecule has 0 saturated carbocycles. The highest BCUT2D eigenvalue weighted by molar-refractivity contribution is 5.89. The standard InChI is InChI=1S/C22H30FN3O5/c23-18-1-3-19(4-2-18)24-22(31)26-12-8-16(13-20(27)28)17(14-26)7-11-25-9-5-15(6-10-25)21(29)30/h1-4,15-17H,5-14H2,(H,24,31)(H,27,28)(H,29,30)/t16-,17-/m0/s1. The predicted molar refractivity (Wildman–Crippen MR) is 112 cm³/mol. The van der Waals surface area contributed by atoms with Crippen LogP contribution in [0.3, 0.4) is 0 Å². The molecule has 0 aromatic heterocycles. The smallest absolute Gasteiger partial charge is 0.321 e. The van der Waals surface area contributed by atoms with Crippen molar-refractivity contribution in [1.82, 2.24) is 9.80 Å². The zero-order chi connectivity index (χ0) is 22.4. The molecule has 0 spiro atoms. The van der Waals surface area contributed by atoms with E-state index >= 15 is 0 Å². The molecule has 31 heavy (non-hydrogen) atoms. The van der Waals surface area contributed by atoms with Crippen molar-refractivity contribution < 1.29 is 29.0 Å². The lowest BCUT2D eigenvalue weighted by atomic mass is 9.81. The first-order valence-corrected chi connectivity index (χ1v) is 10.8. The quantitative estimate of drug-likeness (QED) is 0.607. The van der Waals surface area contributed by atoms with Crippen molar-refractivity contribution in [3.8, 4) is 0 Å². The van der Waals surface area contributed by atoms with Crippen molar-refractivity contribution in [1.29, 1.82) is 0 Å². The van der Waals surface area contributed by atoms with Crippen LogP contribution in [-0.4, -0.2) is 70.7 Å². The number of halogens is 1. The van der Waals surface area contributed by atoms with Gasteiger partial charge in [0.25, 0.3) is 0 Å². The van der Waals surface area contributed by atoms with E-state index in [4.69, 9.17) is 5.11 Å². The number of piperidine rings is 2. The van der Waals surface area contributed by atoms with Gasteiger partial charge >= 0.3 is 18.0 Å². The number of rotatable bonds is 7. The molecule has 170 valence electrons. The fourth-order valence-electron chi connectivity index (χ4n) is 4.57. The molecule has 8 nitrogen and oxygen atoms in total. The van der Waals surface area contributed by atoms with Crippen LogP contribution < -0.4 is 5.32 Å². The van der Waals surface area contributed by atoms with Crippen LogP contribution in [0.4, 0.5) is 14.9 Å². The summed E-state index contributed by atoms with van der Waals surface area (Å²) in [6.45, 7) is 3.16. The Morgan fingerprint density at radius 1 is 1.00 bits per heavy atom. The number of carboxylic acid groups (broad SMARTS) is 2. The molecular formula is C22H30FN3O5. The number of likely N-dealkylation sites (tertiary alicyclic amines) is 2. The van der Waals surface area contributed by atoms with E-state index in [0.717, 1.165) is 26.1 Å². The molecule has 2 atom stereocenters. The van der Waals surface area contributed by atoms with Gasteiger partial charge in [0.2, 0.25) is 0 Å². The maximum absolute atomic E-state index is 13.1. The van der Waals surface area contributed by atoms with Crippen LogP contribution in [-0.2, 0) is 9.59 Å². The molecule has 1 aromatic rings. The van der Waals surface area contributed by atoms with Gasteiger partial charge in [0.1, 0.15) is 5.82 Å². The minimum atomic E-state index is -0.832. The van der Waals surface area contributed by atoms with Crippen LogP contribution in [0.15, 0.2) is 24.3 Å². The largest absolute Gasteiger partial charge is 0.481 e. The summed E-state index contributed by atoms with van der Waals surface area (Å²) in [5, 5.41) is 21.2. The maximum atomic E-state index is 13.1. The third-order valence-corrected chi connectivity index (χ3v) is 6.46. The SMILES string of the molecule is O=C(O)C[C@@H]1CCN(C(=O)Nc2ccc(F)cc2)C[C@@H]1CCN1CCC(C(=O)O)CC1. The summed E-state index contributed by atoms with van der Waals surface area (Å²) in [5.41, 5.74) is 0.511. The summed E-state index contributed by atoms with van der Waals surface area (Å²) in [6.07, 6.45) is 2.72. The Labute approximate surface area is 181 Å². The topological polar surface area (TPSA) is 110 Å². The van der Waals surface area contributed by atoms with Gasteiger partial charge in [-0.2, -0.15) is 0 Å². The van der Waals surface area contributed by atoms with Gasteiger partial charge in [0.05, 0.1) is 5.92 Å². The van der Waals surface area contributed by atoms with Gasteiger partial charge < -0.3 is 25.3 Å². The molecule has 3 N–H and O–H groups in total. The van der Waals surface area contributed by atoms with E-state index in [2.05, 4.69) is 10.2 Å². The summed E-state index contributed by atoms with van der Waals surface area (Å²) in [6, 6.07) is 5.30. The molecule has 2 aliphatic heterocycles. The molecule has 2 amide bonds. The number of urea groups is 1. The molecule has 2 fully saturated rings. The van der Waals surface area contributed by atoms with Crippen molar-refractivity contribution in [3.05, 3.63) is 30.1 Å². The monoisotopic (exact) mass is 435 g/mol. The highest BCUT2D eigenvalue weighted by Crippen LogP contribution is 2.30. The number of anilines is 1. The van der Waals surface area contributed by atoms with Gasteiger partial charge in [-0.1, -0.05) is 0 Å². The number of nitrogens with zero attached hydrogens (tertiary/aromatic N) is 2. The molecule has 0 unspecified atom stereocenters. The number of hydrogen-bond donors (Lipinski definition) is 3. The van der Waals surface area contributed by atoms with Gasteiger partial charge in [-0.3, -0.25) is 9.59 Å². The number of benzene rings is 1. The second-order valence-corrected chi connectivity index (χ2v) is 8.53. The lowest BCUT2D eigenvalue weighted by Crippen LogP contribution is -2.47. The van der Waals surface area contributed by atoms with Crippen molar-refractivity contribution >= 4 is 23.7 Å². The highest BCUT2D eigenvalue weighted by Gasteiger charge is 2.33. The van der Waals surface area contributed by atoms with Crippen molar-refractivity contribution in [2.24, 2.45) is 17.8 Å². The lowest BCUT2D eigenvalue weighted by Gasteiger charge is -2.39. The number of nitrogens with one attached hydrogen (secondary N) is 1. The molecule has 0 bridgehead atoms. The molecule has 9 heteroatoms. The molecule has 3 rings (SSSR count). The fraction of sp³-hybridized carbons (Fsp3) is 0.591. The number of aliphatic carboxylic acids is 2. The van der Waals surface area contributed by atoms with Gasteiger partial charge in [-0.05, 0) is 81.4 Å². The molecule has 0 aliphatic carbocycles. The summed E-state index contributed by atoms with van der Waals surface area (Å²) >= 11 is 0. The number of hydrogen-bond acceptors (Lipinski definition) is 4. The average molecular weight is 435 g/mol. The Balaban J connectivity index is 1.55. The average Bonchev–Trinajstić information content (AvgIpc) is 2.74. The molecule has 1 aromatic carbocycles. The lowest BCUT2D eigenvalue weighted by molar-refractivity contribution is -0.143. The van der Waals surface area contributed by atoms with Crippen molar-refractivity contribution in [2.75, 3.05) is 38.0 Å². The van der Waals surface area contributed by atoms with Crippen LogP contribution in [0.1, 0.15) is 32.1 Å². The van der Waals surface area contributed by atoms with Crippen LogP contribution in [0.5, 0.6) is 0 Å². The Hall–Kier alpha value is -2.68. The first-order chi connectivity index (χ1) is 14.8. The predicted octanol–water partition coefficient (Wildman–Crippen LogP) is 2.96. The molecule has 2 saturated heterocycles. The van der Waals surface area contributed by atoms with Crippen LogP contribution in [0, 0.1) is 23.6 Å². The number of carbonyl (C=O) groups excluding carboxylic acids is 1. The summed E-state index contributed by atoms with van der Waals surface area (Å²) in [5.74, 6) is -2.17. The van der Waals surface area contributed by atoms with E-state index in [1.807, 2.05) is 0 Å². The second-order valence-electron chi connectivity index (χ2n) is 8.53. The molecule has 2 heterocycles. The van der Waals surface area contributed by atoms with E-state index in [1.54, 1.807) is 4.90 Å². The first-order valence-electron chi connectivity index (χ1n) is 10.8. The van der Waals surface area contributed by atoms with Crippen molar-refractivity contribution in [3.63, 3.8) is 0 Å². The summed E-state index contributed by atoms with van der Waals surface area (Å²) in [4.78, 5) is 39.0. The minimum absolute atomic E-state index is 0.00364. The van der Waals surface area contributed by atoms with E-state index in [1.165, 1.54) is 24.3 Å².